The minimum absolute atomic E-state index is 0.318. The average molecular weight is 253 g/mol. The summed E-state index contributed by atoms with van der Waals surface area (Å²) in [6.45, 7) is 2.06. The highest BCUT2D eigenvalue weighted by atomic mass is 32.2. The number of nitrogens with one attached hydrogen (secondary N) is 1. The van der Waals surface area contributed by atoms with E-state index in [0.29, 0.717) is 23.5 Å². The molecule has 2 aromatic rings. The van der Waals surface area contributed by atoms with E-state index < -0.39 is 0 Å². The van der Waals surface area contributed by atoms with Gasteiger partial charge in [0.05, 0.1) is 0 Å². The predicted octanol–water partition coefficient (Wildman–Crippen LogP) is 2.20. The zero-order chi connectivity index (χ0) is 12.3. The lowest BCUT2D eigenvalue weighted by Crippen LogP contribution is -2.24. The fourth-order valence-electron chi connectivity index (χ4n) is 1.36. The number of aromatic nitrogens is 2. The van der Waals surface area contributed by atoms with Crippen molar-refractivity contribution in [3.8, 4) is 11.7 Å². The van der Waals surface area contributed by atoms with Crippen LogP contribution in [-0.2, 0) is 6.42 Å². The normalized spacial score (nSPS) is 12.9. The second-order valence-corrected chi connectivity index (χ2v) is 4.54. The number of likely N-dealkylation sites (N-methyl/N-ethyl adjacent to an activating group) is 1. The number of thioether (sulfide) groups is 1. The summed E-state index contributed by atoms with van der Waals surface area (Å²) in [6, 6.07) is 4.05. The smallest absolute Gasteiger partial charge is 0.293 e. The molecule has 1 unspecified atom stereocenters. The number of rotatable bonds is 5. The first kappa shape index (κ1) is 12.2. The molecule has 92 valence electrons. The molecular formula is C11H15N3O2S. The molecule has 5 nitrogen and oxygen atoms in total. The summed E-state index contributed by atoms with van der Waals surface area (Å²) < 4.78 is 10.7. The Kier molecular flexibility index (Phi) is 3.86. The van der Waals surface area contributed by atoms with Gasteiger partial charge in [-0.15, -0.1) is 0 Å². The first-order valence-corrected chi connectivity index (χ1v) is 6.59. The molecule has 0 radical (unpaired) electrons. The maximum Gasteiger partial charge on any atom is 0.293 e. The predicted molar refractivity (Wildman–Crippen MR) is 66.0 cm³/mol. The van der Waals surface area contributed by atoms with E-state index in [-0.39, 0.29) is 0 Å². The lowest BCUT2D eigenvalue weighted by Gasteiger charge is -2.04. The van der Waals surface area contributed by atoms with Crippen molar-refractivity contribution in [2.75, 3.05) is 13.3 Å². The van der Waals surface area contributed by atoms with Crippen LogP contribution in [0.2, 0.25) is 0 Å². The van der Waals surface area contributed by atoms with Crippen LogP contribution in [0.15, 0.2) is 26.2 Å². The largest absolute Gasteiger partial charge is 0.445 e. The standard InChI is InChI=1S/C11H15N3O2S/c1-7(12-2)6-9-13-11(16-14-9)8-4-5-10(15-8)17-3/h4-5,7,12H,6H2,1-3H3. The molecule has 0 saturated carbocycles. The van der Waals surface area contributed by atoms with E-state index in [0.717, 1.165) is 11.5 Å². The Morgan fingerprint density at radius 3 is 2.94 bits per heavy atom. The Labute approximate surface area is 104 Å². The van der Waals surface area contributed by atoms with Crippen molar-refractivity contribution >= 4 is 11.8 Å². The Morgan fingerprint density at radius 1 is 1.47 bits per heavy atom. The number of hydrogen-bond donors (Lipinski definition) is 1. The van der Waals surface area contributed by atoms with Crippen molar-refractivity contribution in [1.29, 1.82) is 0 Å². The maximum atomic E-state index is 5.51. The monoisotopic (exact) mass is 253 g/mol. The molecule has 0 aromatic carbocycles. The SMILES string of the molecule is CNC(C)Cc1noc(-c2ccc(SC)o2)n1. The molecular weight excluding hydrogens is 238 g/mol. The quantitative estimate of drug-likeness (QED) is 0.824. The third kappa shape index (κ3) is 2.89. The fourth-order valence-corrected chi connectivity index (χ4v) is 1.73. The zero-order valence-corrected chi connectivity index (χ0v) is 10.9. The molecule has 0 bridgehead atoms. The number of hydrogen-bond acceptors (Lipinski definition) is 6. The molecule has 0 spiro atoms. The molecule has 0 fully saturated rings. The third-order valence-corrected chi connectivity index (χ3v) is 3.06. The fraction of sp³-hybridized carbons (Fsp3) is 0.455. The molecule has 2 aromatic heterocycles. The molecule has 6 heteroatoms. The summed E-state index contributed by atoms with van der Waals surface area (Å²) in [5.41, 5.74) is 0. The van der Waals surface area contributed by atoms with Gasteiger partial charge >= 0.3 is 0 Å². The molecule has 0 aliphatic heterocycles. The van der Waals surface area contributed by atoms with E-state index in [1.807, 2.05) is 25.4 Å². The molecule has 2 rings (SSSR count). The number of nitrogens with zero attached hydrogens (tertiary/aromatic N) is 2. The van der Waals surface area contributed by atoms with Crippen molar-refractivity contribution in [1.82, 2.24) is 15.5 Å². The summed E-state index contributed by atoms with van der Waals surface area (Å²) >= 11 is 1.54. The second kappa shape index (κ2) is 5.37. The van der Waals surface area contributed by atoms with Crippen molar-refractivity contribution in [2.24, 2.45) is 0 Å². The van der Waals surface area contributed by atoms with E-state index in [1.165, 1.54) is 11.8 Å². The lowest BCUT2D eigenvalue weighted by atomic mass is 10.2. The molecule has 2 heterocycles. The van der Waals surface area contributed by atoms with Gasteiger partial charge in [-0.1, -0.05) is 16.9 Å². The Balaban J connectivity index is 2.12. The highest BCUT2D eigenvalue weighted by molar-refractivity contribution is 7.98. The van der Waals surface area contributed by atoms with Gasteiger partial charge in [-0.2, -0.15) is 4.98 Å². The van der Waals surface area contributed by atoms with Crippen LogP contribution in [0.4, 0.5) is 0 Å². The van der Waals surface area contributed by atoms with Gasteiger partial charge in [-0.3, -0.25) is 0 Å². The summed E-state index contributed by atoms with van der Waals surface area (Å²) in [5, 5.41) is 7.89. The molecule has 17 heavy (non-hydrogen) atoms. The van der Waals surface area contributed by atoms with E-state index in [9.17, 15) is 0 Å². The van der Waals surface area contributed by atoms with Crippen LogP contribution in [-0.4, -0.2) is 29.5 Å². The highest BCUT2D eigenvalue weighted by Gasteiger charge is 2.14. The van der Waals surface area contributed by atoms with Crippen LogP contribution in [0.5, 0.6) is 0 Å². The number of furan rings is 1. The topological polar surface area (TPSA) is 64.1 Å². The van der Waals surface area contributed by atoms with Crippen LogP contribution in [0.1, 0.15) is 12.7 Å². The Hall–Kier alpha value is -1.27. The van der Waals surface area contributed by atoms with Gasteiger partial charge in [0, 0.05) is 12.5 Å². The van der Waals surface area contributed by atoms with Gasteiger partial charge in [-0.05, 0) is 32.4 Å². The van der Waals surface area contributed by atoms with E-state index in [4.69, 9.17) is 8.94 Å². The summed E-state index contributed by atoms with van der Waals surface area (Å²) in [4.78, 5) is 4.30. The first-order valence-electron chi connectivity index (χ1n) is 5.37. The summed E-state index contributed by atoms with van der Waals surface area (Å²) in [7, 11) is 1.91. The minimum atomic E-state index is 0.318. The molecule has 1 N–H and O–H groups in total. The Bertz CT molecular complexity index is 481. The minimum Gasteiger partial charge on any atom is -0.445 e. The van der Waals surface area contributed by atoms with E-state index in [1.54, 1.807) is 0 Å². The van der Waals surface area contributed by atoms with Crippen molar-refractivity contribution in [3.63, 3.8) is 0 Å². The van der Waals surface area contributed by atoms with Crippen LogP contribution >= 0.6 is 11.8 Å². The van der Waals surface area contributed by atoms with Gasteiger partial charge in [-0.25, -0.2) is 0 Å². The molecule has 0 aliphatic carbocycles. The summed E-state index contributed by atoms with van der Waals surface area (Å²) in [5.74, 6) is 1.73. The molecule has 0 saturated heterocycles. The van der Waals surface area contributed by atoms with Crippen molar-refractivity contribution in [3.05, 3.63) is 18.0 Å². The van der Waals surface area contributed by atoms with Crippen LogP contribution < -0.4 is 5.32 Å². The molecule has 0 aliphatic rings. The van der Waals surface area contributed by atoms with Crippen LogP contribution in [0.3, 0.4) is 0 Å². The van der Waals surface area contributed by atoms with E-state index >= 15 is 0 Å². The van der Waals surface area contributed by atoms with Crippen molar-refractivity contribution < 1.29 is 8.94 Å². The maximum absolute atomic E-state index is 5.51. The first-order chi connectivity index (χ1) is 8.22. The van der Waals surface area contributed by atoms with Gasteiger partial charge in [0.1, 0.15) is 0 Å². The summed E-state index contributed by atoms with van der Waals surface area (Å²) in [6.07, 6.45) is 2.69. The average Bonchev–Trinajstić information content (AvgIpc) is 2.96. The molecule has 0 amide bonds. The van der Waals surface area contributed by atoms with Gasteiger partial charge in [0.15, 0.2) is 16.7 Å². The van der Waals surface area contributed by atoms with Gasteiger partial charge in [0.25, 0.3) is 5.89 Å². The van der Waals surface area contributed by atoms with Gasteiger partial charge < -0.3 is 14.3 Å². The van der Waals surface area contributed by atoms with Crippen LogP contribution in [0, 0.1) is 0 Å². The van der Waals surface area contributed by atoms with Crippen LogP contribution in [0.25, 0.3) is 11.7 Å². The van der Waals surface area contributed by atoms with Gasteiger partial charge in [0.2, 0.25) is 0 Å². The Morgan fingerprint density at radius 2 is 2.29 bits per heavy atom. The third-order valence-electron chi connectivity index (χ3n) is 2.44. The van der Waals surface area contributed by atoms with E-state index in [2.05, 4.69) is 22.4 Å². The van der Waals surface area contributed by atoms with Crippen molar-refractivity contribution in [2.45, 2.75) is 24.5 Å². The molecule has 1 atom stereocenters. The lowest BCUT2D eigenvalue weighted by molar-refractivity contribution is 0.396. The second-order valence-electron chi connectivity index (χ2n) is 3.73. The highest BCUT2D eigenvalue weighted by Crippen LogP contribution is 2.25. The zero-order valence-electron chi connectivity index (χ0n) is 10.1.